The summed E-state index contributed by atoms with van der Waals surface area (Å²) >= 11 is 0. The molecule has 0 spiro atoms. The first-order valence-electron chi connectivity index (χ1n) is 12.5. The highest BCUT2D eigenvalue weighted by Gasteiger charge is 2.27. The highest BCUT2D eigenvalue weighted by molar-refractivity contribution is 5.60. The van der Waals surface area contributed by atoms with Crippen LogP contribution in [0.2, 0.25) is 0 Å². The average molecular weight is 420 g/mol. The summed E-state index contributed by atoms with van der Waals surface area (Å²) in [7, 11) is 0. The second-order valence-corrected chi connectivity index (χ2v) is 9.71. The van der Waals surface area contributed by atoms with Crippen LogP contribution in [0.1, 0.15) is 75.0 Å². The molecule has 2 saturated heterocycles. The molecule has 166 valence electrons. The van der Waals surface area contributed by atoms with E-state index in [1.54, 1.807) is 0 Å². The minimum Gasteiger partial charge on any atom is -0.355 e. The molecule has 0 unspecified atom stereocenters. The van der Waals surface area contributed by atoms with Crippen molar-refractivity contribution in [3.63, 3.8) is 0 Å². The van der Waals surface area contributed by atoms with Gasteiger partial charge in [0.1, 0.15) is 5.82 Å². The van der Waals surface area contributed by atoms with Crippen LogP contribution in [0.4, 0.5) is 17.3 Å². The lowest BCUT2D eigenvalue weighted by Crippen LogP contribution is -2.39. The fourth-order valence-corrected chi connectivity index (χ4v) is 5.68. The number of aryl methyl sites for hydroxylation is 1. The van der Waals surface area contributed by atoms with Gasteiger partial charge >= 0.3 is 0 Å². The van der Waals surface area contributed by atoms with Crippen molar-refractivity contribution in [2.45, 2.75) is 76.7 Å². The zero-order valence-electron chi connectivity index (χ0n) is 19.0. The first-order valence-corrected chi connectivity index (χ1v) is 12.5. The number of aromatic nitrogens is 2. The Morgan fingerprint density at radius 3 is 2.26 bits per heavy atom. The number of rotatable bonds is 5. The summed E-state index contributed by atoms with van der Waals surface area (Å²) in [5, 5.41) is 3.52. The van der Waals surface area contributed by atoms with E-state index in [4.69, 9.17) is 4.98 Å². The molecule has 1 aromatic carbocycles. The zero-order valence-corrected chi connectivity index (χ0v) is 19.0. The molecule has 0 radical (unpaired) electrons. The van der Waals surface area contributed by atoms with E-state index in [1.807, 2.05) is 13.1 Å². The standard InChI is InChI=1S/C26H37N5/c1-20-26(29-25(19-27-20)31-15-5-2-6-16-31)28-23-11-9-21(10-12-23)22-13-17-30(18-14-22)24-7-3-4-8-24/h9-12,19,22,24H,2-8,13-18H2,1H3,(H,28,29). The molecule has 2 aliphatic heterocycles. The Labute approximate surface area is 187 Å². The Bertz CT molecular complexity index is 845. The SMILES string of the molecule is Cc1ncc(N2CCCCC2)nc1Nc1ccc(C2CCN(C3CCCC3)CC2)cc1. The van der Waals surface area contributed by atoms with Crippen LogP contribution in [0.3, 0.4) is 0 Å². The summed E-state index contributed by atoms with van der Waals surface area (Å²) in [6.07, 6.45) is 14.1. The first kappa shape index (κ1) is 20.7. The predicted molar refractivity (Wildman–Crippen MR) is 128 cm³/mol. The van der Waals surface area contributed by atoms with Gasteiger partial charge < -0.3 is 15.1 Å². The van der Waals surface area contributed by atoms with E-state index >= 15 is 0 Å². The molecule has 1 N–H and O–H groups in total. The van der Waals surface area contributed by atoms with Gasteiger partial charge in [0.05, 0.1) is 11.9 Å². The van der Waals surface area contributed by atoms with Crippen molar-refractivity contribution in [2.75, 3.05) is 36.4 Å². The molecule has 2 aromatic rings. The van der Waals surface area contributed by atoms with Crippen molar-refractivity contribution in [2.24, 2.45) is 0 Å². The number of anilines is 3. The van der Waals surface area contributed by atoms with Crippen LogP contribution in [0.15, 0.2) is 30.5 Å². The minimum atomic E-state index is 0.704. The number of nitrogens with zero attached hydrogens (tertiary/aromatic N) is 4. The van der Waals surface area contributed by atoms with Crippen molar-refractivity contribution in [3.05, 3.63) is 41.7 Å². The van der Waals surface area contributed by atoms with Gasteiger partial charge in [0.2, 0.25) is 0 Å². The van der Waals surface area contributed by atoms with E-state index in [0.717, 1.165) is 42.1 Å². The fourth-order valence-electron chi connectivity index (χ4n) is 5.68. The predicted octanol–water partition coefficient (Wildman–Crippen LogP) is 5.64. The number of hydrogen-bond donors (Lipinski definition) is 1. The molecule has 3 heterocycles. The summed E-state index contributed by atoms with van der Waals surface area (Å²) in [5.74, 6) is 2.58. The quantitative estimate of drug-likeness (QED) is 0.679. The van der Waals surface area contributed by atoms with Crippen LogP contribution in [-0.2, 0) is 0 Å². The largest absolute Gasteiger partial charge is 0.355 e. The minimum absolute atomic E-state index is 0.704. The Balaban J connectivity index is 1.21. The van der Waals surface area contributed by atoms with Gasteiger partial charge in [-0.2, -0.15) is 0 Å². The van der Waals surface area contributed by atoms with Gasteiger partial charge in [0, 0.05) is 24.8 Å². The molecular formula is C26H37N5. The van der Waals surface area contributed by atoms with Gasteiger partial charge in [0.15, 0.2) is 5.82 Å². The Hall–Kier alpha value is -2.14. The zero-order chi connectivity index (χ0) is 21.0. The number of likely N-dealkylation sites (tertiary alicyclic amines) is 1. The van der Waals surface area contributed by atoms with Crippen molar-refractivity contribution < 1.29 is 0 Å². The highest BCUT2D eigenvalue weighted by atomic mass is 15.2. The van der Waals surface area contributed by atoms with Gasteiger partial charge in [-0.15, -0.1) is 0 Å². The number of piperidine rings is 2. The third-order valence-electron chi connectivity index (χ3n) is 7.64. The summed E-state index contributed by atoms with van der Waals surface area (Å²) in [6, 6.07) is 9.93. The summed E-state index contributed by atoms with van der Waals surface area (Å²) < 4.78 is 0. The van der Waals surface area contributed by atoms with E-state index in [0.29, 0.717) is 5.92 Å². The molecule has 3 fully saturated rings. The summed E-state index contributed by atoms with van der Waals surface area (Å²) in [5.41, 5.74) is 3.53. The monoisotopic (exact) mass is 419 g/mol. The average Bonchev–Trinajstić information content (AvgIpc) is 3.37. The maximum atomic E-state index is 4.90. The first-order chi connectivity index (χ1) is 15.3. The molecule has 1 saturated carbocycles. The van der Waals surface area contributed by atoms with E-state index in [1.165, 1.54) is 76.4 Å². The smallest absolute Gasteiger partial charge is 0.154 e. The van der Waals surface area contributed by atoms with Crippen LogP contribution in [0.25, 0.3) is 0 Å². The number of nitrogens with one attached hydrogen (secondary N) is 1. The van der Waals surface area contributed by atoms with Crippen molar-refractivity contribution >= 4 is 17.3 Å². The molecule has 0 atom stereocenters. The topological polar surface area (TPSA) is 44.3 Å². The Kier molecular flexibility index (Phi) is 6.40. The van der Waals surface area contributed by atoms with Gasteiger partial charge in [-0.3, -0.25) is 4.98 Å². The third-order valence-corrected chi connectivity index (χ3v) is 7.64. The molecule has 5 nitrogen and oxygen atoms in total. The molecule has 1 aliphatic carbocycles. The lowest BCUT2D eigenvalue weighted by atomic mass is 9.88. The summed E-state index contributed by atoms with van der Waals surface area (Å²) in [4.78, 5) is 14.6. The van der Waals surface area contributed by atoms with Crippen molar-refractivity contribution in [1.29, 1.82) is 0 Å². The van der Waals surface area contributed by atoms with Gasteiger partial charge in [0.25, 0.3) is 0 Å². The van der Waals surface area contributed by atoms with E-state index in [9.17, 15) is 0 Å². The maximum Gasteiger partial charge on any atom is 0.154 e. The van der Waals surface area contributed by atoms with Crippen LogP contribution in [-0.4, -0.2) is 47.1 Å². The normalized spacial score (nSPS) is 21.5. The molecular weight excluding hydrogens is 382 g/mol. The number of hydrogen-bond acceptors (Lipinski definition) is 5. The van der Waals surface area contributed by atoms with Gasteiger partial charge in [-0.25, -0.2) is 4.98 Å². The van der Waals surface area contributed by atoms with Gasteiger partial charge in [-0.1, -0.05) is 25.0 Å². The molecule has 5 rings (SSSR count). The highest BCUT2D eigenvalue weighted by Crippen LogP contribution is 2.33. The van der Waals surface area contributed by atoms with Crippen molar-refractivity contribution in [1.82, 2.24) is 14.9 Å². The maximum absolute atomic E-state index is 4.90. The molecule has 5 heteroatoms. The van der Waals surface area contributed by atoms with Crippen LogP contribution < -0.4 is 10.2 Å². The number of benzene rings is 1. The fraction of sp³-hybridized carbons (Fsp3) is 0.615. The van der Waals surface area contributed by atoms with E-state index in [2.05, 4.69) is 44.4 Å². The van der Waals surface area contributed by atoms with Crippen LogP contribution >= 0.6 is 0 Å². The van der Waals surface area contributed by atoms with Crippen molar-refractivity contribution in [3.8, 4) is 0 Å². The molecule has 1 aromatic heterocycles. The lowest BCUT2D eigenvalue weighted by Gasteiger charge is -2.36. The molecule has 0 bridgehead atoms. The van der Waals surface area contributed by atoms with Gasteiger partial charge in [-0.05, 0) is 88.6 Å². The molecule has 3 aliphatic rings. The summed E-state index contributed by atoms with van der Waals surface area (Å²) in [6.45, 7) is 6.75. The van der Waals surface area contributed by atoms with Crippen LogP contribution in [0.5, 0.6) is 0 Å². The Morgan fingerprint density at radius 1 is 0.839 bits per heavy atom. The molecule has 0 amide bonds. The van der Waals surface area contributed by atoms with E-state index < -0.39 is 0 Å². The second-order valence-electron chi connectivity index (χ2n) is 9.71. The third kappa shape index (κ3) is 4.87. The Morgan fingerprint density at radius 2 is 1.55 bits per heavy atom. The molecule has 31 heavy (non-hydrogen) atoms. The van der Waals surface area contributed by atoms with E-state index in [-0.39, 0.29) is 0 Å². The van der Waals surface area contributed by atoms with Crippen LogP contribution in [0, 0.1) is 6.92 Å². The second kappa shape index (κ2) is 9.56. The lowest BCUT2D eigenvalue weighted by molar-refractivity contribution is 0.154.